The van der Waals surface area contributed by atoms with Crippen molar-refractivity contribution in [3.8, 4) is 0 Å². The van der Waals surface area contributed by atoms with Crippen molar-refractivity contribution in [3.63, 3.8) is 0 Å². The van der Waals surface area contributed by atoms with E-state index in [0.717, 1.165) is 32.6 Å². The Hall–Kier alpha value is -0.900. The first-order valence-electron chi connectivity index (χ1n) is 6.38. The van der Waals surface area contributed by atoms with Crippen LogP contribution in [-0.4, -0.2) is 7.05 Å². The van der Waals surface area contributed by atoms with Gasteiger partial charge in [-0.25, -0.2) is 4.39 Å². The molecule has 4 heteroatoms. The molecular weight excluding hydrogens is 341 g/mol. The standard InChI is InChI=1S/C16H16BrClFN/c1-10-7-13(19)5-3-11(10)8-16(20-2)14-9-12(17)4-6-15(14)18/h3-7,9,16,20H,8H2,1-2H3. The smallest absolute Gasteiger partial charge is 0.123 e. The highest BCUT2D eigenvalue weighted by Crippen LogP contribution is 2.29. The summed E-state index contributed by atoms with van der Waals surface area (Å²) >= 11 is 9.75. The monoisotopic (exact) mass is 355 g/mol. The highest BCUT2D eigenvalue weighted by Gasteiger charge is 2.15. The Morgan fingerprint density at radius 3 is 2.65 bits per heavy atom. The van der Waals surface area contributed by atoms with Crippen LogP contribution in [0.5, 0.6) is 0 Å². The number of benzene rings is 2. The van der Waals surface area contributed by atoms with Crippen molar-refractivity contribution < 1.29 is 4.39 Å². The van der Waals surface area contributed by atoms with Crippen LogP contribution in [0.1, 0.15) is 22.7 Å². The predicted octanol–water partition coefficient (Wildman–Crippen LogP) is 5.05. The molecule has 2 aromatic rings. The highest BCUT2D eigenvalue weighted by atomic mass is 79.9. The zero-order valence-corrected chi connectivity index (χ0v) is 13.7. The van der Waals surface area contributed by atoms with E-state index in [0.29, 0.717) is 0 Å². The summed E-state index contributed by atoms with van der Waals surface area (Å²) in [5.74, 6) is -0.201. The SMILES string of the molecule is CNC(Cc1ccc(F)cc1C)c1cc(Br)ccc1Cl. The van der Waals surface area contributed by atoms with Gasteiger partial charge in [-0.1, -0.05) is 33.6 Å². The molecule has 0 amide bonds. The summed E-state index contributed by atoms with van der Waals surface area (Å²) in [5.41, 5.74) is 3.10. The number of halogens is 3. The quantitative estimate of drug-likeness (QED) is 0.808. The number of rotatable bonds is 4. The molecular formula is C16H16BrClFN. The molecule has 0 heterocycles. The lowest BCUT2D eigenvalue weighted by molar-refractivity contribution is 0.587. The zero-order valence-electron chi connectivity index (χ0n) is 11.4. The van der Waals surface area contributed by atoms with E-state index in [-0.39, 0.29) is 11.9 Å². The van der Waals surface area contributed by atoms with E-state index < -0.39 is 0 Å². The summed E-state index contributed by atoms with van der Waals surface area (Å²) in [5, 5.41) is 4.01. The average molecular weight is 357 g/mol. The Morgan fingerprint density at radius 1 is 1.25 bits per heavy atom. The Bertz CT molecular complexity index is 615. The van der Waals surface area contributed by atoms with Crippen LogP contribution in [0.25, 0.3) is 0 Å². The molecule has 106 valence electrons. The largest absolute Gasteiger partial charge is 0.313 e. The molecule has 20 heavy (non-hydrogen) atoms. The molecule has 0 radical (unpaired) electrons. The predicted molar refractivity (Wildman–Crippen MR) is 85.8 cm³/mol. The molecule has 0 spiro atoms. The summed E-state index contributed by atoms with van der Waals surface area (Å²) in [7, 11) is 1.90. The fraction of sp³-hybridized carbons (Fsp3) is 0.250. The molecule has 0 aliphatic heterocycles. The lowest BCUT2D eigenvalue weighted by Crippen LogP contribution is -2.19. The summed E-state index contributed by atoms with van der Waals surface area (Å²) in [6.07, 6.45) is 0.763. The number of nitrogens with one attached hydrogen (secondary N) is 1. The Balaban J connectivity index is 2.31. The van der Waals surface area contributed by atoms with E-state index in [1.165, 1.54) is 6.07 Å². The van der Waals surface area contributed by atoms with Gasteiger partial charge in [-0.3, -0.25) is 0 Å². The minimum Gasteiger partial charge on any atom is -0.313 e. The normalized spacial score (nSPS) is 12.4. The Labute approximate surface area is 132 Å². The Kier molecular flexibility index (Phi) is 5.19. The van der Waals surface area contributed by atoms with Crippen LogP contribution in [0.2, 0.25) is 5.02 Å². The number of hydrogen-bond acceptors (Lipinski definition) is 1. The van der Waals surface area contributed by atoms with Crippen LogP contribution in [0, 0.1) is 12.7 Å². The van der Waals surface area contributed by atoms with Gasteiger partial charge in [0.1, 0.15) is 5.82 Å². The molecule has 0 saturated heterocycles. The molecule has 1 atom stereocenters. The topological polar surface area (TPSA) is 12.0 Å². The van der Waals surface area contributed by atoms with Gasteiger partial charge in [0, 0.05) is 15.5 Å². The highest BCUT2D eigenvalue weighted by molar-refractivity contribution is 9.10. The van der Waals surface area contributed by atoms with Gasteiger partial charge in [0.15, 0.2) is 0 Å². The minimum absolute atomic E-state index is 0.0872. The summed E-state index contributed by atoms with van der Waals surface area (Å²) in [6.45, 7) is 1.92. The van der Waals surface area contributed by atoms with E-state index in [1.54, 1.807) is 6.07 Å². The minimum atomic E-state index is -0.201. The van der Waals surface area contributed by atoms with Gasteiger partial charge in [-0.15, -0.1) is 0 Å². The molecule has 0 fully saturated rings. The molecule has 2 aromatic carbocycles. The van der Waals surface area contributed by atoms with E-state index in [2.05, 4.69) is 21.2 Å². The summed E-state index contributed by atoms with van der Waals surface area (Å²) in [6, 6.07) is 10.8. The van der Waals surface area contributed by atoms with E-state index in [4.69, 9.17) is 11.6 Å². The zero-order chi connectivity index (χ0) is 14.7. The van der Waals surface area contributed by atoms with Crippen molar-refractivity contribution in [2.45, 2.75) is 19.4 Å². The van der Waals surface area contributed by atoms with Gasteiger partial charge < -0.3 is 5.32 Å². The molecule has 0 saturated carbocycles. The van der Waals surface area contributed by atoms with E-state index in [9.17, 15) is 4.39 Å². The first kappa shape index (κ1) is 15.5. The maximum Gasteiger partial charge on any atom is 0.123 e. The van der Waals surface area contributed by atoms with Gasteiger partial charge >= 0.3 is 0 Å². The second kappa shape index (κ2) is 6.70. The summed E-state index contributed by atoms with van der Waals surface area (Å²) in [4.78, 5) is 0. The van der Waals surface area contributed by atoms with Gasteiger partial charge in [-0.05, 0) is 67.4 Å². The van der Waals surface area contributed by atoms with Crippen LogP contribution in [0.4, 0.5) is 4.39 Å². The molecule has 1 N–H and O–H groups in total. The number of likely N-dealkylation sites (N-methyl/N-ethyl adjacent to an activating group) is 1. The molecule has 0 aliphatic rings. The lowest BCUT2D eigenvalue weighted by Gasteiger charge is -2.19. The molecule has 2 rings (SSSR count). The van der Waals surface area contributed by atoms with Crippen molar-refractivity contribution >= 4 is 27.5 Å². The van der Waals surface area contributed by atoms with Crippen LogP contribution >= 0.6 is 27.5 Å². The van der Waals surface area contributed by atoms with Gasteiger partial charge in [0.05, 0.1) is 0 Å². The van der Waals surface area contributed by atoms with Crippen LogP contribution in [0.3, 0.4) is 0 Å². The van der Waals surface area contributed by atoms with Gasteiger partial charge in [-0.2, -0.15) is 0 Å². The van der Waals surface area contributed by atoms with E-state index >= 15 is 0 Å². The summed E-state index contributed by atoms with van der Waals surface area (Å²) < 4.78 is 14.2. The first-order valence-corrected chi connectivity index (χ1v) is 7.55. The van der Waals surface area contributed by atoms with Crippen molar-refractivity contribution in [2.24, 2.45) is 0 Å². The first-order chi connectivity index (χ1) is 9.51. The third-order valence-electron chi connectivity index (χ3n) is 3.41. The Morgan fingerprint density at radius 2 is 2.00 bits per heavy atom. The maximum atomic E-state index is 13.2. The molecule has 0 aromatic heterocycles. The van der Waals surface area contributed by atoms with Crippen molar-refractivity contribution in [1.82, 2.24) is 5.32 Å². The maximum absolute atomic E-state index is 13.2. The van der Waals surface area contributed by atoms with Gasteiger partial charge in [0.2, 0.25) is 0 Å². The second-order valence-electron chi connectivity index (χ2n) is 4.78. The molecule has 1 nitrogen and oxygen atoms in total. The van der Waals surface area contributed by atoms with E-state index in [1.807, 2.05) is 38.2 Å². The fourth-order valence-corrected chi connectivity index (χ4v) is 2.89. The van der Waals surface area contributed by atoms with Crippen LogP contribution in [0.15, 0.2) is 40.9 Å². The third-order valence-corrected chi connectivity index (χ3v) is 4.25. The molecule has 0 aliphatic carbocycles. The fourth-order valence-electron chi connectivity index (χ4n) is 2.26. The second-order valence-corrected chi connectivity index (χ2v) is 6.10. The average Bonchev–Trinajstić information content (AvgIpc) is 2.41. The van der Waals surface area contributed by atoms with Crippen LogP contribution < -0.4 is 5.32 Å². The third kappa shape index (κ3) is 3.60. The molecule has 0 bridgehead atoms. The molecule has 1 unspecified atom stereocenters. The lowest BCUT2D eigenvalue weighted by atomic mass is 9.96. The van der Waals surface area contributed by atoms with Crippen LogP contribution in [-0.2, 0) is 6.42 Å². The van der Waals surface area contributed by atoms with Crippen molar-refractivity contribution in [2.75, 3.05) is 7.05 Å². The van der Waals surface area contributed by atoms with Crippen molar-refractivity contribution in [3.05, 3.63) is 68.4 Å². The number of aryl methyl sites for hydroxylation is 1. The van der Waals surface area contributed by atoms with Crippen molar-refractivity contribution in [1.29, 1.82) is 0 Å². The number of hydrogen-bond donors (Lipinski definition) is 1. The van der Waals surface area contributed by atoms with Gasteiger partial charge in [0.25, 0.3) is 0 Å².